The molecule has 3 atom stereocenters. The SMILES string of the molecule is COc1ccc(CC(C)C(N)C(O)c2cc(O)c(O)cc2Cl)cc1OC.Cl. The number of methoxy groups -OCH3 is 2. The smallest absolute Gasteiger partial charge is 0.160 e. The van der Waals surface area contributed by atoms with E-state index in [4.69, 9.17) is 26.8 Å². The molecule has 0 aliphatic rings. The molecule has 3 unspecified atom stereocenters. The van der Waals surface area contributed by atoms with E-state index < -0.39 is 12.1 Å². The molecule has 0 radical (unpaired) electrons. The van der Waals surface area contributed by atoms with Gasteiger partial charge >= 0.3 is 0 Å². The minimum absolute atomic E-state index is 0. The van der Waals surface area contributed by atoms with Crippen LogP contribution in [0.4, 0.5) is 0 Å². The lowest BCUT2D eigenvalue weighted by Crippen LogP contribution is -2.36. The lowest BCUT2D eigenvalue weighted by Gasteiger charge is -2.26. The van der Waals surface area contributed by atoms with Gasteiger partial charge in [0.25, 0.3) is 0 Å². The van der Waals surface area contributed by atoms with Gasteiger partial charge in [0.05, 0.1) is 25.3 Å². The van der Waals surface area contributed by atoms with Gasteiger partial charge in [0.2, 0.25) is 0 Å². The van der Waals surface area contributed by atoms with Gasteiger partial charge in [0, 0.05) is 17.7 Å². The number of phenolic OH excluding ortho intramolecular Hbond substituents is 2. The number of halogens is 2. The number of rotatable bonds is 7. The Morgan fingerprint density at radius 2 is 1.63 bits per heavy atom. The fourth-order valence-corrected chi connectivity index (χ4v) is 3.10. The third-order valence-corrected chi connectivity index (χ3v) is 4.77. The van der Waals surface area contributed by atoms with Crippen molar-refractivity contribution in [1.82, 2.24) is 0 Å². The zero-order valence-corrected chi connectivity index (χ0v) is 16.9. The van der Waals surface area contributed by atoms with Gasteiger partial charge in [-0.05, 0) is 36.1 Å². The molecular weight excluding hydrogens is 393 g/mol. The van der Waals surface area contributed by atoms with E-state index in [1.165, 1.54) is 12.1 Å². The Balaban J connectivity index is 0.00000364. The standard InChI is InChI=1S/C19H24ClNO5.ClH/c1-10(6-11-4-5-16(25-2)17(7-11)26-3)18(21)19(24)12-8-14(22)15(23)9-13(12)20;/h4-5,7-10,18-19,22-24H,6,21H2,1-3H3;1H. The van der Waals surface area contributed by atoms with Crippen molar-refractivity contribution in [1.29, 1.82) is 0 Å². The van der Waals surface area contributed by atoms with Crippen molar-refractivity contribution in [2.24, 2.45) is 11.7 Å². The van der Waals surface area contributed by atoms with E-state index in [0.717, 1.165) is 5.56 Å². The molecule has 0 aromatic heterocycles. The van der Waals surface area contributed by atoms with Crippen molar-refractivity contribution >= 4 is 24.0 Å². The highest BCUT2D eigenvalue weighted by atomic mass is 35.5. The van der Waals surface area contributed by atoms with Gasteiger partial charge in [-0.15, -0.1) is 12.4 Å². The zero-order chi connectivity index (χ0) is 19.4. The van der Waals surface area contributed by atoms with Gasteiger partial charge in [-0.25, -0.2) is 0 Å². The fourth-order valence-electron chi connectivity index (χ4n) is 2.83. The van der Waals surface area contributed by atoms with Crippen molar-refractivity contribution in [2.45, 2.75) is 25.5 Å². The number of benzene rings is 2. The second-order valence-corrected chi connectivity index (χ2v) is 6.66. The number of aliphatic hydroxyl groups excluding tert-OH is 1. The summed E-state index contributed by atoms with van der Waals surface area (Å²) in [6.45, 7) is 1.92. The van der Waals surface area contributed by atoms with E-state index in [0.29, 0.717) is 17.9 Å². The number of nitrogens with two attached hydrogens (primary N) is 1. The quantitative estimate of drug-likeness (QED) is 0.514. The molecule has 5 N–H and O–H groups in total. The topological polar surface area (TPSA) is 105 Å². The molecule has 2 rings (SSSR count). The van der Waals surface area contributed by atoms with E-state index in [2.05, 4.69) is 0 Å². The second kappa shape index (κ2) is 9.90. The van der Waals surface area contributed by atoms with Crippen molar-refractivity contribution in [2.75, 3.05) is 14.2 Å². The Labute approximate surface area is 169 Å². The van der Waals surface area contributed by atoms with Crippen molar-refractivity contribution in [3.63, 3.8) is 0 Å². The molecule has 0 spiro atoms. The fraction of sp³-hybridized carbons (Fsp3) is 0.368. The van der Waals surface area contributed by atoms with Crippen LogP contribution in [0.1, 0.15) is 24.2 Å². The number of aliphatic hydroxyl groups is 1. The highest BCUT2D eigenvalue weighted by Gasteiger charge is 2.26. The maximum atomic E-state index is 10.6. The van der Waals surface area contributed by atoms with Gasteiger partial charge in [-0.2, -0.15) is 0 Å². The third kappa shape index (κ3) is 5.32. The molecule has 8 heteroatoms. The van der Waals surface area contributed by atoms with Gasteiger partial charge in [0.15, 0.2) is 23.0 Å². The van der Waals surface area contributed by atoms with E-state index >= 15 is 0 Å². The molecule has 0 amide bonds. The summed E-state index contributed by atoms with van der Waals surface area (Å²) < 4.78 is 10.5. The van der Waals surface area contributed by atoms with Crippen molar-refractivity contribution in [3.05, 3.63) is 46.5 Å². The molecule has 0 saturated carbocycles. The third-order valence-electron chi connectivity index (χ3n) is 4.44. The number of hydrogen-bond acceptors (Lipinski definition) is 6. The second-order valence-electron chi connectivity index (χ2n) is 6.26. The Bertz CT molecular complexity index is 772. The van der Waals surface area contributed by atoms with Crippen LogP contribution in [0.25, 0.3) is 0 Å². The summed E-state index contributed by atoms with van der Waals surface area (Å²) in [7, 11) is 3.14. The Kier molecular flexibility index (Phi) is 8.50. The lowest BCUT2D eigenvalue weighted by atomic mass is 9.88. The summed E-state index contributed by atoms with van der Waals surface area (Å²) in [5.74, 6) is 0.452. The predicted molar refractivity (Wildman–Crippen MR) is 107 cm³/mol. The normalized spacial score (nSPS) is 14.0. The molecule has 0 heterocycles. The highest BCUT2D eigenvalue weighted by Crippen LogP contribution is 2.36. The van der Waals surface area contributed by atoms with Crippen molar-refractivity contribution in [3.8, 4) is 23.0 Å². The molecule has 0 bridgehead atoms. The van der Waals surface area contributed by atoms with E-state index in [1.807, 2.05) is 25.1 Å². The Morgan fingerprint density at radius 1 is 1.04 bits per heavy atom. The molecule has 6 nitrogen and oxygen atoms in total. The van der Waals surface area contributed by atoms with E-state index in [-0.39, 0.29) is 40.4 Å². The largest absolute Gasteiger partial charge is 0.504 e. The monoisotopic (exact) mass is 417 g/mol. The first-order valence-corrected chi connectivity index (χ1v) is 8.52. The maximum absolute atomic E-state index is 10.6. The minimum atomic E-state index is -1.09. The highest BCUT2D eigenvalue weighted by molar-refractivity contribution is 6.31. The summed E-state index contributed by atoms with van der Waals surface area (Å²) in [4.78, 5) is 0. The van der Waals surface area contributed by atoms with Crippen LogP contribution < -0.4 is 15.2 Å². The first-order chi connectivity index (χ1) is 12.3. The minimum Gasteiger partial charge on any atom is -0.504 e. The number of hydrogen-bond donors (Lipinski definition) is 4. The van der Waals surface area contributed by atoms with Gasteiger partial charge < -0.3 is 30.5 Å². The van der Waals surface area contributed by atoms with E-state index in [9.17, 15) is 15.3 Å². The Hall–Kier alpha value is -1.86. The summed E-state index contributed by atoms with van der Waals surface area (Å²) >= 11 is 6.06. The van der Waals surface area contributed by atoms with Gasteiger partial charge in [-0.1, -0.05) is 24.6 Å². The van der Waals surface area contributed by atoms with Crippen LogP contribution in [0.15, 0.2) is 30.3 Å². The molecule has 0 aliphatic heterocycles. The van der Waals surface area contributed by atoms with Crippen LogP contribution in [0.2, 0.25) is 5.02 Å². The average Bonchev–Trinajstić information content (AvgIpc) is 2.63. The molecular formula is C19H25Cl2NO5. The van der Waals surface area contributed by atoms with Gasteiger partial charge in [-0.3, -0.25) is 0 Å². The van der Waals surface area contributed by atoms with Crippen LogP contribution in [-0.2, 0) is 6.42 Å². The molecule has 27 heavy (non-hydrogen) atoms. The first-order valence-electron chi connectivity index (χ1n) is 8.14. The van der Waals surface area contributed by atoms with Crippen LogP contribution in [0.5, 0.6) is 23.0 Å². The number of aromatic hydroxyl groups is 2. The first kappa shape index (κ1) is 23.2. The van der Waals surface area contributed by atoms with E-state index in [1.54, 1.807) is 14.2 Å². The number of phenols is 2. The number of ether oxygens (including phenoxy) is 2. The lowest BCUT2D eigenvalue weighted by molar-refractivity contribution is 0.121. The van der Waals surface area contributed by atoms with Crippen LogP contribution in [-0.4, -0.2) is 35.6 Å². The molecule has 150 valence electrons. The van der Waals surface area contributed by atoms with Crippen molar-refractivity contribution < 1.29 is 24.8 Å². The molecule has 0 fully saturated rings. The van der Waals surface area contributed by atoms with Crippen LogP contribution >= 0.6 is 24.0 Å². The zero-order valence-electron chi connectivity index (χ0n) is 15.3. The maximum Gasteiger partial charge on any atom is 0.160 e. The average molecular weight is 418 g/mol. The van der Waals surface area contributed by atoms with Crippen LogP contribution in [0.3, 0.4) is 0 Å². The summed E-state index contributed by atoms with van der Waals surface area (Å²) in [6.07, 6.45) is -0.496. The molecule has 2 aromatic carbocycles. The molecule has 0 aliphatic carbocycles. The summed E-state index contributed by atoms with van der Waals surface area (Å²) in [5.41, 5.74) is 7.47. The summed E-state index contributed by atoms with van der Waals surface area (Å²) in [5, 5.41) is 29.8. The Morgan fingerprint density at radius 3 is 2.22 bits per heavy atom. The van der Waals surface area contributed by atoms with Gasteiger partial charge in [0.1, 0.15) is 0 Å². The van der Waals surface area contributed by atoms with Crippen LogP contribution in [0, 0.1) is 5.92 Å². The molecule has 0 saturated heterocycles. The molecule has 2 aromatic rings. The predicted octanol–water partition coefficient (Wildman–Crippen LogP) is 3.43. The summed E-state index contributed by atoms with van der Waals surface area (Å²) in [6, 6.07) is 7.37.